The second-order valence-corrected chi connectivity index (χ2v) is 6.30. The lowest BCUT2D eigenvalue weighted by molar-refractivity contribution is -0.395. The largest absolute Gasteiger partial charge is 0.368 e. The van der Waals surface area contributed by atoms with Crippen molar-refractivity contribution < 1.29 is 19.0 Å². The normalized spacial score (nSPS) is 12.1. The molecule has 1 rings (SSSR count). The SMILES string of the molecule is CC(C)[C@H](Nc1cc(F)c([N+](=O)[O-])cc1[N+](=O)[O-])C(=O)NCCN(C)C. The van der Waals surface area contributed by atoms with Crippen LogP contribution in [0, 0.1) is 32.0 Å². The van der Waals surface area contributed by atoms with Crippen LogP contribution in [0.15, 0.2) is 12.1 Å². The molecule has 2 N–H and O–H groups in total. The van der Waals surface area contributed by atoms with Crippen molar-refractivity contribution in [1.29, 1.82) is 0 Å². The van der Waals surface area contributed by atoms with E-state index in [1.54, 1.807) is 13.8 Å². The van der Waals surface area contributed by atoms with Crippen LogP contribution in [0.3, 0.4) is 0 Å². The van der Waals surface area contributed by atoms with Crippen molar-refractivity contribution >= 4 is 23.0 Å². The molecule has 0 spiro atoms. The highest BCUT2D eigenvalue weighted by molar-refractivity contribution is 5.86. The minimum atomic E-state index is -1.22. The molecule has 0 fully saturated rings. The van der Waals surface area contributed by atoms with Crippen molar-refractivity contribution in [2.24, 2.45) is 5.92 Å². The van der Waals surface area contributed by atoms with Crippen LogP contribution in [0.1, 0.15) is 13.8 Å². The van der Waals surface area contributed by atoms with Crippen LogP contribution >= 0.6 is 0 Å². The van der Waals surface area contributed by atoms with E-state index in [1.807, 2.05) is 19.0 Å². The van der Waals surface area contributed by atoms with Crippen molar-refractivity contribution in [3.05, 3.63) is 38.2 Å². The molecule has 0 bridgehead atoms. The Labute approximate surface area is 149 Å². The Hall–Kier alpha value is -2.82. The van der Waals surface area contributed by atoms with E-state index in [2.05, 4.69) is 10.6 Å². The number of likely N-dealkylation sites (N-methyl/N-ethyl adjacent to an activating group) is 1. The third-order valence-corrected chi connectivity index (χ3v) is 3.58. The molecule has 0 heterocycles. The molecule has 11 heteroatoms. The van der Waals surface area contributed by atoms with E-state index < -0.39 is 39.0 Å². The number of halogens is 1. The maximum atomic E-state index is 13.9. The Kier molecular flexibility index (Phi) is 7.38. The lowest BCUT2D eigenvalue weighted by Gasteiger charge is -2.23. The maximum Gasteiger partial charge on any atom is 0.311 e. The minimum Gasteiger partial charge on any atom is -0.368 e. The van der Waals surface area contributed by atoms with Gasteiger partial charge in [0, 0.05) is 19.2 Å². The van der Waals surface area contributed by atoms with Gasteiger partial charge in [-0.1, -0.05) is 13.8 Å². The van der Waals surface area contributed by atoms with Gasteiger partial charge in [0.05, 0.1) is 15.9 Å². The van der Waals surface area contributed by atoms with Crippen molar-refractivity contribution in [3.63, 3.8) is 0 Å². The smallest absolute Gasteiger partial charge is 0.311 e. The topological polar surface area (TPSA) is 131 Å². The molecule has 0 aliphatic heterocycles. The standard InChI is InChI=1S/C15H22FN5O5/c1-9(2)14(15(22)17-5-6-19(3)4)18-11-7-10(16)12(20(23)24)8-13(11)21(25)26/h7-9,14,18H,5-6H2,1-4H3,(H,17,22)/t14-/m0/s1. The second-order valence-electron chi connectivity index (χ2n) is 6.30. The number of nitrogens with one attached hydrogen (secondary N) is 2. The van der Waals surface area contributed by atoms with Crippen LogP contribution in [0.5, 0.6) is 0 Å². The molecule has 0 saturated heterocycles. The summed E-state index contributed by atoms with van der Waals surface area (Å²) in [5, 5.41) is 27.3. The Morgan fingerprint density at radius 1 is 1.19 bits per heavy atom. The quantitative estimate of drug-likeness (QED) is 0.499. The molecule has 0 aliphatic carbocycles. The number of rotatable bonds is 9. The van der Waals surface area contributed by atoms with Crippen molar-refractivity contribution in [2.45, 2.75) is 19.9 Å². The third-order valence-electron chi connectivity index (χ3n) is 3.58. The molecule has 10 nitrogen and oxygen atoms in total. The lowest BCUT2D eigenvalue weighted by atomic mass is 10.0. The Morgan fingerprint density at radius 2 is 1.77 bits per heavy atom. The average Bonchev–Trinajstić information content (AvgIpc) is 2.50. The molecule has 0 aromatic heterocycles. The minimum absolute atomic E-state index is 0.271. The number of anilines is 1. The van der Waals surface area contributed by atoms with Gasteiger partial charge >= 0.3 is 5.69 Å². The monoisotopic (exact) mass is 371 g/mol. The molecule has 1 aromatic rings. The molecule has 144 valence electrons. The molecule has 1 aromatic carbocycles. The predicted molar refractivity (Wildman–Crippen MR) is 93.5 cm³/mol. The number of benzene rings is 1. The molecule has 0 saturated carbocycles. The molecule has 1 amide bonds. The molecular weight excluding hydrogens is 349 g/mol. The van der Waals surface area contributed by atoms with E-state index in [4.69, 9.17) is 0 Å². The van der Waals surface area contributed by atoms with Gasteiger partial charge < -0.3 is 15.5 Å². The first-order valence-corrected chi connectivity index (χ1v) is 7.85. The van der Waals surface area contributed by atoms with Gasteiger partial charge in [-0.15, -0.1) is 0 Å². The van der Waals surface area contributed by atoms with Gasteiger partial charge in [0.25, 0.3) is 5.69 Å². The van der Waals surface area contributed by atoms with Gasteiger partial charge in [0.2, 0.25) is 11.7 Å². The number of hydrogen-bond donors (Lipinski definition) is 2. The zero-order valence-electron chi connectivity index (χ0n) is 15.0. The van der Waals surface area contributed by atoms with E-state index in [0.29, 0.717) is 25.2 Å². The third kappa shape index (κ3) is 5.62. The van der Waals surface area contributed by atoms with E-state index in [9.17, 15) is 29.4 Å². The van der Waals surface area contributed by atoms with Gasteiger partial charge in [0.15, 0.2) is 0 Å². The number of hydrogen-bond acceptors (Lipinski definition) is 7. The van der Waals surface area contributed by atoms with Crippen LogP contribution in [0.2, 0.25) is 0 Å². The average molecular weight is 371 g/mol. The molecule has 0 radical (unpaired) electrons. The summed E-state index contributed by atoms with van der Waals surface area (Å²) < 4.78 is 13.9. The Bertz CT molecular complexity index is 695. The molecule has 1 atom stereocenters. The van der Waals surface area contributed by atoms with Gasteiger partial charge in [-0.3, -0.25) is 25.0 Å². The van der Waals surface area contributed by atoms with Gasteiger partial charge in [-0.05, 0) is 20.0 Å². The lowest BCUT2D eigenvalue weighted by Crippen LogP contribution is -2.44. The summed E-state index contributed by atoms with van der Waals surface area (Å²) in [6.07, 6.45) is 0. The number of nitrogens with zero attached hydrogens (tertiary/aromatic N) is 3. The fourth-order valence-electron chi connectivity index (χ4n) is 2.17. The predicted octanol–water partition coefficient (Wildman–Crippen LogP) is 1.76. The number of nitro benzene ring substituents is 2. The first kappa shape index (κ1) is 21.2. The molecule has 0 aliphatic rings. The fourth-order valence-corrected chi connectivity index (χ4v) is 2.17. The highest BCUT2D eigenvalue weighted by Gasteiger charge is 2.29. The zero-order valence-corrected chi connectivity index (χ0v) is 15.0. The zero-order chi connectivity index (χ0) is 20.0. The first-order chi connectivity index (χ1) is 12.0. The summed E-state index contributed by atoms with van der Waals surface area (Å²) in [5.74, 6) is -1.90. The van der Waals surface area contributed by atoms with E-state index in [0.717, 1.165) is 0 Å². The second kappa shape index (κ2) is 9.04. The van der Waals surface area contributed by atoms with Gasteiger partial charge in [0.1, 0.15) is 11.7 Å². The Morgan fingerprint density at radius 3 is 2.23 bits per heavy atom. The summed E-state index contributed by atoms with van der Waals surface area (Å²) in [4.78, 5) is 34.3. The summed E-state index contributed by atoms with van der Waals surface area (Å²) in [6.45, 7) is 4.41. The molecule has 0 unspecified atom stereocenters. The molecular formula is C15H22FN5O5. The van der Waals surface area contributed by atoms with Crippen LogP contribution in [0.25, 0.3) is 0 Å². The van der Waals surface area contributed by atoms with E-state index >= 15 is 0 Å². The van der Waals surface area contributed by atoms with Crippen molar-refractivity contribution in [3.8, 4) is 0 Å². The summed E-state index contributed by atoms with van der Waals surface area (Å²) in [5.41, 5.74) is -1.97. The van der Waals surface area contributed by atoms with E-state index in [-0.39, 0.29) is 11.6 Å². The number of carbonyl (C=O) groups is 1. The number of amides is 1. The molecule has 26 heavy (non-hydrogen) atoms. The van der Waals surface area contributed by atoms with E-state index in [1.165, 1.54) is 0 Å². The van der Waals surface area contributed by atoms with Gasteiger partial charge in [-0.2, -0.15) is 4.39 Å². The highest BCUT2D eigenvalue weighted by Crippen LogP contribution is 2.32. The summed E-state index contributed by atoms with van der Waals surface area (Å²) in [6, 6.07) is 0.328. The van der Waals surface area contributed by atoms with Gasteiger partial charge in [-0.25, -0.2) is 0 Å². The first-order valence-electron chi connectivity index (χ1n) is 7.85. The summed E-state index contributed by atoms with van der Waals surface area (Å²) >= 11 is 0. The highest BCUT2D eigenvalue weighted by atomic mass is 19.1. The van der Waals surface area contributed by atoms with Crippen LogP contribution in [0.4, 0.5) is 21.5 Å². The van der Waals surface area contributed by atoms with Crippen molar-refractivity contribution in [2.75, 3.05) is 32.5 Å². The van der Waals surface area contributed by atoms with Crippen LogP contribution < -0.4 is 10.6 Å². The maximum absolute atomic E-state index is 13.9. The number of nitro groups is 2. The van der Waals surface area contributed by atoms with Crippen molar-refractivity contribution in [1.82, 2.24) is 10.2 Å². The fraction of sp³-hybridized carbons (Fsp3) is 0.533. The summed E-state index contributed by atoms with van der Waals surface area (Å²) in [7, 11) is 3.68. The van der Waals surface area contributed by atoms with Crippen LogP contribution in [-0.2, 0) is 4.79 Å². The number of carbonyl (C=O) groups excluding carboxylic acids is 1. The van der Waals surface area contributed by atoms with Crippen LogP contribution in [-0.4, -0.2) is 53.9 Å². The Balaban J connectivity index is 3.11.